The topological polar surface area (TPSA) is 57.5 Å². The number of esters is 2. The van der Waals surface area contributed by atoms with Crippen molar-refractivity contribution in [1.29, 1.82) is 0 Å². The highest BCUT2D eigenvalue weighted by molar-refractivity contribution is 5.87. The van der Waals surface area contributed by atoms with Crippen LogP contribution in [0.5, 0.6) is 0 Å². The molecular weight excluding hydrogens is 366 g/mol. The lowest BCUT2D eigenvalue weighted by Gasteiger charge is -2.37. The Hall–Kier alpha value is -3.08. The van der Waals surface area contributed by atoms with Gasteiger partial charge in [0, 0.05) is 23.2 Å². The van der Waals surface area contributed by atoms with Crippen LogP contribution in [-0.4, -0.2) is 30.2 Å². The molecule has 1 aliphatic rings. The van der Waals surface area contributed by atoms with Gasteiger partial charge in [0.05, 0.1) is 20.1 Å². The molecule has 2 unspecified atom stereocenters. The molecule has 0 bridgehead atoms. The van der Waals surface area contributed by atoms with Crippen LogP contribution in [-0.2, 0) is 19.1 Å². The molecule has 0 spiro atoms. The predicted octanol–water partition coefficient (Wildman–Crippen LogP) is 4.58. The molecule has 0 saturated heterocycles. The van der Waals surface area contributed by atoms with Gasteiger partial charge in [-0.25, -0.2) is 0 Å². The average Bonchev–Trinajstić information content (AvgIpc) is 3.13. The van der Waals surface area contributed by atoms with E-state index in [9.17, 15) is 9.59 Å². The average molecular weight is 391 g/mol. The van der Waals surface area contributed by atoms with Crippen molar-refractivity contribution in [1.82, 2.24) is 4.57 Å². The van der Waals surface area contributed by atoms with Crippen LogP contribution in [0.3, 0.4) is 0 Å². The second-order valence-corrected chi connectivity index (χ2v) is 7.41. The van der Waals surface area contributed by atoms with Gasteiger partial charge < -0.3 is 14.0 Å². The van der Waals surface area contributed by atoms with Crippen molar-refractivity contribution < 1.29 is 19.1 Å². The van der Waals surface area contributed by atoms with Gasteiger partial charge in [-0.15, -0.1) is 0 Å². The molecule has 1 aliphatic heterocycles. The zero-order valence-corrected chi connectivity index (χ0v) is 16.7. The van der Waals surface area contributed by atoms with Crippen LogP contribution in [0.1, 0.15) is 48.9 Å². The van der Waals surface area contributed by atoms with Crippen molar-refractivity contribution in [2.45, 2.75) is 37.6 Å². The van der Waals surface area contributed by atoms with Crippen LogP contribution in [0, 0.1) is 0 Å². The fourth-order valence-electron chi connectivity index (χ4n) is 4.61. The second-order valence-electron chi connectivity index (χ2n) is 7.41. The quantitative estimate of drug-likeness (QED) is 0.598. The minimum absolute atomic E-state index is 0.0695. The summed E-state index contributed by atoms with van der Waals surface area (Å²) in [5, 5.41) is 1.05. The molecule has 1 aromatic heterocycles. The molecule has 5 nitrogen and oxygen atoms in total. The third kappa shape index (κ3) is 3.53. The summed E-state index contributed by atoms with van der Waals surface area (Å²) in [6, 6.07) is 20.0. The lowest BCUT2D eigenvalue weighted by molar-refractivity contribution is -0.144. The Labute approximate surface area is 170 Å². The number of fused-ring (bicyclic) bond motifs is 3. The maximum Gasteiger partial charge on any atom is 0.315 e. The first-order valence-corrected chi connectivity index (χ1v) is 10.0. The molecule has 3 atom stereocenters. The van der Waals surface area contributed by atoms with E-state index in [1.54, 1.807) is 0 Å². The summed E-state index contributed by atoms with van der Waals surface area (Å²) in [5.41, 5.74) is 3.00. The molecule has 3 aromatic rings. The number of nitrogens with zero attached hydrogens (tertiary/aromatic N) is 1. The zero-order valence-electron chi connectivity index (χ0n) is 16.7. The Kier molecular flexibility index (Phi) is 5.38. The summed E-state index contributed by atoms with van der Waals surface area (Å²) in [6.45, 7) is 2.17. The van der Waals surface area contributed by atoms with E-state index in [2.05, 4.69) is 10.6 Å². The Morgan fingerprint density at radius 3 is 2.52 bits per heavy atom. The smallest absolute Gasteiger partial charge is 0.315 e. The number of carbonyl (C=O) groups is 2. The Bertz CT molecular complexity index is 1020. The number of carbonyl (C=O) groups excluding carboxylic acids is 2. The normalized spacial score (nSPS) is 20.8. The molecule has 0 amide bonds. The molecule has 0 fully saturated rings. The molecule has 29 heavy (non-hydrogen) atoms. The standard InChI is InChI=1S/C24H25NO4/c1-3-29-22(26)15-18-14-19(16-9-5-4-6-10-16)23(24(27)28-2)21-13-17-11-7-8-12-20(17)25(18)21/h4-13,18-19,23H,3,14-15H2,1-2H3/t18?,19-,23?/m1/s1. The van der Waals surface area contributed by atoms with E-state index in [1.165, 1.54) is 7.11 Å². The number of methoxy groups -OCH3 is 1. The molecule has 0 aliphatic carbocycles. The van der Waals surface area contributed by atoms with Crippen LogP contribution < -0.4 is 0 Å². The highest BCUT2D eigenvalue weighted by Gasteiger charge is 2.42. The van der Waals surface area contributed by atoms with Gasteiger partial charge in [-0.1, -0.05) is 48.5 Å². The number of para-hydroxylation sites is 1. The first kappa shape index (κ1) is 19.2. The highest BCUT2D eigenvalue weighted by atomic mass is 16.5. The van der Waals surface area contributed by atoms with Gasteiger partial charge >= 0.3 is 11.9 Å². The van der Waals surface area contributed by atoms with E-state index in [-0.39, 0.29) is 30.3 Å². The largest absolute Gasteiger partial charge is 0.468 e. The first-order chi connectivity index (χ1) is 14.1. The minimum Gasteiger partial charge on any atom is -0.468 e. The maximum absolute atomic E-state index is 12.9. The summed E-state index contributed by atoms with van der Waals surface area (Å²) >= 11 is 0. The van der Waals surface area contributed by atoms with Gasteiger partial charge in [0.15, 0.2) is 0 Å². The Morgan fingerprint density at radius 1 is 1.07 bits per heavy atom. The van der Waals surface area contributed by atoms with E-state index in [1.807, 2.05) is 61.5 Å². The van der Waals surface area contributed by atoms with Gasteiger partial charge in [0.1, 0.15) is 5.92 Å². The van der Waals surface area contributed by atoms with Gasteiger partial charge in [-0.05, 0) is 36.4 Å². The van der Waals surface area contributed by atoms with Crippen LogP contribution in [0.2, 0.25) is 0 Å². The summed E-state index contributed by atoms with van der Waals surface area (Å²) < 4.78 is 12.6. The van der Waals surface area contributed by atoms with Crippen molar-refractivity contribution >= 4 is 22.8 Å². The van der Waals surface area contributed by atoms with Gasteiger partial charge in [0.2, 0.25) is 0 Å². The van der Waals surface area contributed by atoms with Crippen LogP contribution in [0.15, 0.2) is 60.7 Å². The Balaban J connectivity index is 1.88. The van der Waals surface area contributed by atoms with Gasteiger partial charge in [-0.2, -0.15) is 0 Å². The summed E-state index contributed by atoms with van der Waals surface area (Å²) in [6.07, 6.45) is 0.936. The van der Waals surface area contributed by atoms with E-state index >= 15 is 0 Å². The highest BCUT2D eigenvalue weighted by Crippen LogP contribution is 2.48. The number of rotatable bonds is 5. The van der Waals surface area contributed by atoms with Crippen molar-refractivity contribution in [2.24, 2.45) is 0 Å². The van der Waals surface area contributed by atoms with E-state index in [4.69, 9.17) is 9.47 Å². The predicted molar refractivity (Wildman–Crippen MR) is 111 cm³/mol. The lowest BCUT2D eigenvalue weighted by atomic mass is 9.76. The molecule has 0 radical (unpaired) electrons. The fraction of sp³-hybridized carbons (Fsp3) is 0.333. The maximum atomic E-state index is 12.9. The number of hydrogen-bond acceptors (Lipinski definition) is 4. The van der Waals surface area contributed by atoms with Crippen LogP contribution >= 0.6 is 0 Å². The lowest BCUT2D eigenvalue weighted by Crippen LogP contribution is -2.33. The van der Waals surface area contributed by atoms with Crippen molar-refractivity contribution in [3.63, 3.8) is 0 Å². The van der Waals surface area contributed by atoms with Crippen molar-refractivity contribution in [2.75, 3.05) is 13.7 Å². The third-order valence-electron chi connectivity index (χ3n) is 5.78. The fourth-order valence-corrected chi connectivity index (χ4v) is 4.61. The molecule has 150 valence electrons. The molecule has 5 heteroatoms. The monoisotopic (exact) mass is 391 g/mol. The molecular formula is C24H25NO4. The van der Waals surface area contributed by atoms with Gasteiger partial charge in [0.25, 0.3) is 0 Å². The number of hydrogen-bond donors (Lipinski definition) is 0. The molecule has 2 aromatic carbocycles. The number of ether oxygens (including phenoxy) is 2. The van der Waals surface area contributed by atoms with Crippen molar-refractivity contribution in [3.8, 4) is 0 Å². The summed E-state index contributed by atoms with van der Waals surface area (Å²) in [7, 11) is 1.43. The van der Waals surface area contributed by atoms with E-state index in [0.717, 1.165) is 22.2 Å². The van der Waals surface area contributed by atoms with Crippen molar-refractivity contribution in [3.05, 3.63) is 71.9 Å². The number of benzene rings is 2. The minimum atomic E-state index is -0.423. The van der Waals surface area contributed by atoms with E-state index in [0.29, 0.717) is 13.0 Å². The van der Waals surface area contributed by atoms with Crippen LogP contribution in [0.25, 0.3) is 10.9 Å². The third-order valence-corrected chi connectivity index (χ3v) is 5.78. The molecule has 4 rings (SSSR count). The van der Waals surface area contributed by atoms with Crippen LogP contribution in [0.4, 0.5) is 0 Å². The number of aromatic nitrogens is 1. The SMILES string of the molecule is CCOC(=O)CC1C[C@H](c2ccccc2)C(C(=O)OC)c2cc3ccccc3n21. The molecule has 2 heterocycles. The zero-order chi connectivity index (χ0) is 20.4. The second kappa shape index (κ2) is 8.11. The Morgan fingerprint density at radius 2 is 1.79 bits per heavy atom. The molecule has 0 saturated carbocycles. The summed E-state index contributed by atoms with van der Waals surface area (Å²) in [4.78, 5) is 25.3. The molecule has 0 N–H and O–H groups in total. The van der Waals surface area contributed by atoms with Gasteiger partial charge in [-0.3, -0.25) is 9.59 Å². The summed E-state index contributed by atoms with van der Waals surface area (Å²) in [5.74, 6) is -0.963. The van der Waals surface area contributed by atoms with E-state index < -0.39 is 5.92 Å². The first-order valence-electron chi connectivity index (χ1n) is 10.0.